The number of benzene rings is 1. The average Bonchev–Trinajstić information content (AvgIpc) is 2.53. The van der Waals surface area contributed by atoms with Gasteiger partial charge in [0.25, 0.3) is 0 Å². The van der Waals surface area contributed by atoms with E-state index >= 15 is 0 Å². The Balaban J connectivity index is 2.19. The minimum absolute atomic E-state index is 0.0203. The van der Waals surface area contributed by atoms with Gasteiger partial charge in [0.2, 0.25) is 0 Å². The van der Waals surface area contributed by atoms with Gasteiger partial charge in [0.05, 0.1) is 13.2 Å². The van der Waals surface area contributed by atoms with Crippen molar-refractivity contribution in [2.75, 3.05) is 13.2 Å². The molecule has 1 aromatic carbocycles. The molecular formula is C19H33NO2. The number of hydrogen-bond acceptors (Lipinski definition) is 3. The number of rotatable bonds is 12. The highest BCUT2D eigenvalue weighted by Gasteiger charge is 2.16. The summed E-state index contributed by atoms with van der Waals surface area (Å²) in [6.07, 6.45) is 9.36. The van der Waals surface area contributed by atoms with E-state index in [-0.39, 0.29) is 6.61 Å². The Morgan fingerprint density at radius 1 is 1.05 bits per heavy atom. The van der Waals surface area contributed by atoms with Crippen molar-refractivity contribution in [3.05, 3.63) is 29.8 Å². The normalized spacial score (nSPS) is 13.8. The summed E-state index contributed by atoms with van der Waals surface area (Å²) in [5.41, 5.74) is 6.68. The van der Waals surface area contributed by atoms with Crippen molar-refractivity contribution in [3.8, 4) is 5.75 Å². The van der Waals surface area contributed by atoms with Gasteiger partial charge in [-0.3, -0.25) is 0 Å². The largest absolute Gasteiger partial charge is 0.494 e. The molecule has 0 fully saturated rings. The van der Waals surface area contributed by atoms with Crippen molar-refractivity contribution in [2.24, 2.45) is 5.73 Å². The summed E-state index contributed by atoms with van der Waals surface area (Å²) in [7, 11) is 0. The molecule has 1 rings (SSSR count). The maximum absolute atomic E-state index is 9.16. The molecule has 3 nitrogen and oxygen atoms in total. The Hall–Kier alpha value is -1.06. The first kappa shape index (κ1) is 19.0. The van der Waals surface area contributed by atoms with E-state index in [0.29, 0.717) is 0 Å². The Kier molecular flexibility index (Phi) is 9.17. The lowest BCUT2D eigenvalue weighted by atomic mass is 9.95. The van der Waals surface area contributed by atoms with E-state index in [1.807, 2.05) is 19.1 Å². The summed E-state index contributed by atoms with van der Waals surface area (Å²) < 4.78 is 5.77. The molecule has 126 valence electrons. The van der Waals surface area contributed by atoms with Crippen LogP contribution in [0, 0.1) is 0 Å². The van der Waals surface area contributed by atoms with Crippen LogP contribution < -0.4 is 10.5 Å². The molecule has 0 saturated carbocycles. The van der Waals surface area contributed by atoms with Crippen LogP contribution in [-0.4, -0.2) is 23.9 Å². The van der Waals surface area contributed by atoms with Gasteiger partial charge in [0.15, 0.2) is 0 Å². The third kappa shape index (κ3) is 8.40. The van der Waals surface area contributed by atoms with Crippen LogP contribution >= 0.6 is 0 Å². The van der Waals surface area contributed by atoms with Crippen LogP contribution in [0.1, 0.15) is 64.4 Å². The van der Waals surface area contributed by atoms with Gasteiger partial charge in [0, 0.05) is 5.54 Å². The highest BCUT2D eigenvalue weighted by Crippen LogP contribution is 2.16. The number of aliphatic hydroxyl groups excluding tert-OH is 1. The highest BCUT2D eigenvalue weighted by molar-refractivity contribution is 5.27. The maximum Gasteiger partial charge on any atom is 0.119 e. The van der Waals surface area contributed by atoms with Crippen molar-refractivity contribution in [3.63, 3.8) is 0 Å². The Morgan fingerprint density at radius 3 is 2.32 bits per heavy atom. The van der Waals surface area contributed by atoms with E-state index in [1.165, 1.54) is 37.7 Å². The first-order valence-electron chi connectivity index (χ1n) is 8.69. The number of nitrogens with two attached hydrogens (primary N) is 1. The molecular weight excluding hydrogens is 274 g/mol. The second kappa shape index (κ2) is 10.6. The van der Waals surface area contributed by atoms with Gasteiger partial charge in [-0.25, -0.2) is 0 Å². The van der Waals surface area contributed by atoms with Crippen molar-refractivity contribution in [1.29, 1.82) is 0 Å². The molecule has 1 atom stereocenters. The zero-order valence-electron chi connectivity index (χ0n) is 14.3. The molecule has 22 heavy (non-hydrogen) atoms. The lowest BCUT2D eigenvalue weighted by Gasteiger charge is -2.21. The quantitative estimate of drug-likeness (QED) is 0.572. The SMILES string of the molecule is CCCCCCCCOc1ccc(CC[C@](C)(N)CO)cc1. The van der Waals surface area contributed by atoms with Crippen LogP contribution in [0.5, 0.6) is 5.75 Å². The molecule has 0 radical (unpaired) electrons. The molecule has 0 spiro atoms. The standard InChI is InChI=1S/C19H33NO2/c1-3-4-5-6-7-8-15-22-18-11-9-17(10-12-18)13-14-19(2,20)16-21/h9-12,21H,3-8,13-16,20H2,1-2H3/t19-/m0/s1. The highest BCUT2D eigenvalue weighted by atomic mass is 16.5. The average molecular weight is 307 g/mol. The molecule has 0 saturated heterocycles. The minimum atomic E-state index is -0.493. The Bertz CT molecular complexity index is 387. The Labute approximate surface area is 135 Å². The maximum atomic E-state index is 9.16. The van der Waals surface area contributed by atoms with Gasteiger partial charge in [-0.15, -0.1) is 0 Å². The summed E-state index contributed by atoms with van der Waals surface area (Å²) in [5.74, 6) is 0.940. The number of ether oxygens (including phenoxy) is 1. The van der Waals surface area contributed by atoms with E-state index in [2.05, 4.69) is 19.1 Å². The van der Waals surface area contributed by atoms with E-state index in [9.17, 15) is 0 Å². The molecule has 3 N–H and O–H groups in total. The van der Waals surface area contributed by atoms with Gasteiger partial charge in [-0.1, -0.05) is 51.2 Å². The third-order valence-corrected chi connectivity index (χ3v) is 4.04. The minimum Gasteiger partial charge on any atom is -0.494 e. The first-order valence-corrected chi connectivity index (χ1v) is 8.69. The number of hydrogen-bond donors (Lipinski definition) is 2. The summed E-state index contributed by atoms with van der Waals surface area (Å²) in [6.45, 7) is 4.94. The molecule has 0 aliphatic heterocycles. The zero-order valence-corrected chi connectivity index (χ0v) is 14.3. The fourth-order valence-electron chi connectivity index (χ4n) is 2.33. The first-order chi connectivity index (χ1) is 10.6. The van der Waals surface area contributed by atoms with E-state index < -0.39 is 5.54 Å². The van der Waals surface area contributed by atoms with Crippen LogP contribution in [-0.2, 0) is 6.42 Å². The van der Waals surface area contributed by atoms with Crippen molar-refractivity contribution >= 4 is 0 Å². The number of aryl methyl sites for hydroxylation is 1. The molecule has 0 aliphatic carbocycles. The molecule has 3 heteroatoms. The third-order valence-electron chi connectivity index (χ3n) is 4.04. The molecule has 0 unspecified atom stereocenters. The fraction of sp³-hybridized carbons (Fsp3) is 0.684. The van der Waals surface area contributed by atoms with Gasteiger partial charge in [-0.05, 0) is 43.9 Å². The second-order valence-electron chi connectivity index (χ2n) is 6.57. The number of unbranched alkanes of at least 4 members (excludes halogenated alkanes) is 5. The number of aliphatic hydroxyl groups is 1. The summed E-state index contributed by atoms with van der Waals surface area (Å²) in [5, 5.41) is 9.16. The van der Waals surface area contributed by atoms with E-state index in [0.717, 1.165) is 31.6 Å². The summed E-state index contributed by atoms with van der Waals surface area (Å²) >= 11 is 0. The predicted octanol–water partition coefficient (Wildman–Crippen LogP) is 4.07. The smallest absolute Gasteiger partial charge is 0.119 e. The molecule has 0 aromatic heterocycles. The zero-order chi connectivity index (χ0) is 16.3. The van der Waals surface area contributed by atoms with Gasteiger partial charge in [-0.2, -0.15) is 0 Å². The molecule has 0 amide bonds. The topological polar surface area (TPSA) is 55.5 Å². The van der Waals surface area contributed by atoms with Gasteiger partial charge in [0.1, 0.15) is 5.75 Å². The van der Waals surface area contributed by atoms with Gasteiger partial charge >= 0.3 is 0 Å². The van der Waals surface area contributed by atoms with Crippen molar-refractivity contribution in [2.45, 2.75) is 70.8 Å². The van der Waals surface area contributed by atoms with Crippen LogP contribution in [0.15, 0.2) is 24.3 Å². The monoisotopic (exact) mass is 307 g/mol. The second-order valence-corrected chi connectivity index (χ2v) is 6.57. The van der Waals surface area contributed by atoms with Crippen molar-refractivity contribution in [1.82, 2.24) is 0 Å². The summed E-state index contributed by atoms with van der Waals surface area (Å²) in [6, 6.07) is 8.23. The van der Waals surface area contributed by atoms with Crippen LogP contribution in [0.2, 0.25) is 0 Å². The molecule has 0 bridgehead atoms. The fourth-order valence-corrected chi connectivity index (χ4v) is 2.33. The lowest BCUT2D eigenvalue weighted by molar-refractivity contribution is 0.200. The lowest BCUT2D eigenvalue weighted by Crippen LogP contribution is -2.40. The van der Waals surface area contributed by atoms with E-state index in [1.54, 1.807) is 0 Å². The summed E-state index contributed by atoms with van der Waals surface area (Å²) in [4.78, 5) is 0. The van der Waals surface area contributed by atoms with E-state index in [4.69, 9.17) is 15.6 Å². The molecule has 1 aromatic rings. The predicted molar refractivity (Wildman–Crippen MR) is 93.3 cm³/mol. The Morgan fingerprint density at radius 2 is 1.68 bits per heavy atom. The van der Waals surface area contributed by atoms with Gasteiger partial charge < -0.3 is 15.6 Å². The van der Waals surface area contributed by atoms with Crippen molar-refractivity contribution < 1.29 is 9.84 Å². The molecule has 0 heterocycles. The molecule has 0 aliphatic rings. The van der Waals surface area contributed by atoms with Crippen LogP contribution in [0.4, 0.5) is 0 Å². The van der Waals surface area contributed by atoms with Crippen LogP contribution in [0.25, 0.3) is 0 Å². The van der Waals surface area contributed by atoms with Crippen LogP contribution in [0.3, 0.4) is 0 Å².